The number of rotatable bonds is 5. The molecule has 0 saturated carbocycles. The number of hydrogen-bond acceptors (Lipinski definition) is 2. The molecule has 15 heavy (non-hydrogen) atoms. The second-order valence-electron chi connectivity index (χ2n) is 3.67. The van der Waals surface area contributed by atoms with Gasteiger partial charge >= 0.3 is 0 Å². The number of halogens is 1. The van der Waals surface area contributed by atoms with E-state index in [4.69, 9.17) is 0 Å². The first-order valence-corrected chi connectivity index (χ1v) is 6.98. The van der Waals surface area contributed by atoms with E-state index in [0.717, 1.165) is 23.1 Å². The molecule has 0 spiro atoms. The molecular weight excluding hydrogens is 272 g/mol. The summed E-state index contributed by atoms with van der Waals surface area (Å²) in [6.45, 7) is 4.07. The maximum absolute atomic E-state index is 10.1. The molecule has 0 bridgehead atoms. The van der Waals surface area contributed by atoms with Crippen molar-refractivity contribution in [2.24, 2.45) is 0 Å². The Hall–Kier alpha value is 0.01000. The minimum atomic E-state index is -0.516. The molecule has 0 unspecified atom stereocenters. The number of benzene rings is 1. The molecule has 1 nitrogen and oxygen atoms in total. The molecule has 84 valence electrons. The highest BCUT2D eigenvalue weighted by atomic mass is 79.9. The molecule has 1 aromatic carbocycles. The number of thioether (sulfide) groups is 1. The van der Waals surface area contributed by atoms with E-state index in [1.165, 1.54) is 4.90 Å². The zero-order chi connectivity index (χ0) is 11.3. The second-order valence-corrected chi connectivity index (χ2v) is 5.64. The lowest BCUT2D eigenvalue weighted by atomic mass is 10.0. The minimum Gasteiger partial charge on any atom is -0.389 e. The first-order valence-electron chi connectivity index (χ1n) is 5.20. The first-order chi connectivity index (χ1) is 7.09. The van der Waals surface area contributed by atoms with Crippen LogP contribution < -0.4 is 0 Å². The van der Waals surface area contributed by atoms with Crippen LogP contribution in [0.5, 0.6) is 0 Å². The molecule has 0 fully saturated rings. The molecule has 1 rings (SSSR count). The van der Waals surface area contributed by atoms with E-state index in [-0.39, 0.29) is 0 Å². The topological polar surface area (TPSA) is 20.2 Å². The van der Waals surface area contributed by atoms with Gasteiger partial charge in [-0.3, -0.25) is 0 Å². The van der Waals surface area contributed by atoms with Crippen molar-refractivity contribution in [3.05, 3.63) is 28.7 Å². The zero-order valence-electron chi connectivity index (χ0n) is 9.16. The van der Waals surface area contributed by atoms with Crippen molar-refractivity contribution in [1.29, 1.82) is 0 Å². The van der Waals surface area contributed by atoms with Crippen LogP contribution in [-0.4, -0.2) is 16.5 Å². The van der Waals surface area contributed by atoms with E-state index >= 15 is 0 Å². The van der Waals surface area contributed by atoms with Crippen LogP contribution in [0.2, 0.25) is 0 Å². The van der Waals surface area contributed by atoms with Crippen LogP contribution in [0.25, 0.3) is 0 Å². The molecule has 0 saturated heterocycles. The van der Waals surface area contributed by atoms with Crippen molar-refractivity contribution in [2.75, 3.05) is 5.75 Å². The van der Waals surface area contributed by atoms with Gasteiger partial charge in [0.05, 0.1) is 5.60 Å². The summed E-state index contributed by atoms with van der Waals surface area (Å²) in [5.41, 5.74) is -0.516. The summed E-state index contributed by atoms with van der Waals surface area (Å²) in [7, 11) is 0. The average molecular weight is 289 g/mol. The van der Waals surface area contributed by atoms with E-state index in [1.54, 1.807) is 11.8 Å². The monoisotopic (exact) mass is 288 g/mol. The lowest BCUT2D eigenvalue weighted by molar-refractivity contribution is 0.0572. The van der Waals surface area contributed by atoms with Crippen LogP contribution in [0.15, 0.2) is 33.6 Å². The van der Waals surface area contributed by atoms with Gasteiger partial charge in [0.15, 0.2) is 0 Å². The molecule has 0 aliphatic heterocycles. The lowest BCUT2D eigenvalue weighted by Crippen LogP contribution is -2.29. The van der Waals surface area contributed by atoms with E-state index in [2.05, 4.69) is 28.1 Å². The van der Waals surface area contributed by atoms with Crippen molar-refractivity contribution < 1.29 is 5.11 Å². The molecule has 1 N–H and O–H groups in total. The smallest absolute Gasteiger partial charge is 0.0736 e. The van der Waals surface area contributed by atoms with E-state index < -0.39 is 5.60 Å². The molecule has 3 heteroatoms. The lowest BCUT2D eigenvalue weighted by Gasteiger charge is -2.24. The molecule has 0 heterocycles. The highest BCUT2D eigenvalue weighted by Gasteiger charge is 2.21. The largest absolute Gasteiger partial charge is 0.389 e. The quantitative estimate of drug-likeness (QED) is 0.824. The van der Waals surface area contributed by atoms with Gasteiger partial charge in [0.2, 0.25) is 0 Å². The molecule has 1 aromatic rings. The Balaban J connectivity index is 2.53. The first kappa shape index (κ1) is 13.1. The van der Waals surface area contributed by atoms with E-state index in [9.17, 15) is 5.11 Å². The van der Waals surface area contributed by atoms with Crippen molar-refractivity contribution in [3.63, 3.8) is 0 Å². The third kappa shape index (κ3) is 4.17. The summed E-state index contributed by atoms with van der Waals surface area (Å²) in [6.07, 6.45) is 1.63. The summed E-state index contributed by atoms with van der Waals surface area (Å²) >= 11 is 5.12. The van der Waals surface area contributed by atoms with Crippen molar-refractivity contribution in [1.82, 2.24) is 0 Å². The molecule has 0 radical (unpaired) electrons. The van der Waals surface area contributed by atoms with Crippen molar-refractivity contribution >= 4 is 27.7 Å². The minimum absolute atomic E-state index is 0.516. The zero-order valence-corrected chi connectivity index (χ0v) is 11.6. The van der Waals surface area contributed by atoms with Gasteiger partial charge in [-0.25, -0.2) is 0 Å². The van der Waals surface area contributed by atoms with Crippen LogP contribution >= 0.6 is 27.7 Å². The van der Waals surface area contributed by atoms with Crippen LogP contribution in [0.3, 0.4) is 0 Å². The normalized spacial score (nSPS) is 11.7. The van der Waals surface area contributed by atoms with Crippen LogP contribution in [0.1, 0.15) is 26.7 Å². The van der Waals surface area contributed by atoms with E-state index in [1.807, 2.05) is 26.0 Å². The van der Waals surface area contributed by atoms with Gasteiger partial charge in [0, 0.05) is 15.1 Å². The van der Waals surface area contributed by atoms with Crippen LogP contribution in [0, 0.1) is 0 Å². The molecule has 0 aromatic heterocycles. The molecule has 0 amide bonds. The Labute approximate surface area is 104 Å². The maximum Gasteiger partial charge on any atom is 0.0736 e. The Kier molecular flexibility index (Phi) is 5.16. The molecule has 0 atom stereocenters. The molecular formula is C12H17BrOS. The molecule has 0 aliphatic carbocycles. The summed E-state index contributed by atoms with van der Waals surface area (Å²) in [5, 5.41) is 10.1. The summed E-state index contributed by atoms with van der Waals surface area (Å²) < 4.78 is 1.09. The van der Waals surface area contributed by atoms with Gasteiger partial charge in [-0.2, -0.15) is 0 Å². The SMILES string of the molecule is CCC(O)(CC)CSc1ccc(Br)cc1. The fourth-order valence-electron chi connectivity index (χ4n) is 1.20. The van der Waals surface area contributed by atoms with Crippen molar-refractivity contribution in [3.8, 4) is 0 Å². The van der Waals surface area contributed by atoms with Crippen molar-refractivity contribution in [2.45, 2.75) is 37.2 Å². The second kappa shape index (κ2) is 5.92. The van der Waals surface area contributed by atoms with Gasteiger partial charge in [0.1, 0.15) is 0 Å². The van der Waals surface area contributed by atoms with Gasteiger partial charge in [-0.15, -0.1) is 11.8 Å². The Morgan fingerprint density at radius 1 is 1.20 bits per heavy atom. The summed E-state index contributed by atoms with van der Waals surface area (Å²) in [5.74, 6) is 0.766. The highest BCUT2D eigenvalue weighted by molar-refractivity contribution is 9.10. The van der Waals surface area contributed by atoms with Crippen LogP contribution in [0.4, 0.5) is 0 Å². The number of aliphatic hydroxyl groups is 1. The summed E-state index contributed by atoms with van der Waals surface area (Å²) in [6, 6.07) is 8.19. The third-order valence-corrected chi connectivity index (χ3v) is 4.45. The van der Waals surface area contributed by atoms with Gasteiger partial charge in [-0.1, -0.05) is 29.8 Å². The maximum atomic E-state index is 10.1. The van der Waals surface area contributed by atoms with Gasteiger partial charge in [-0.05, 0) is 37.1 Å². The fourth-order valence-corrected chi connectivity index (χ4v) is 2.64. The van der Waals surface area contributed by atoms with Gasteiger partial charge in [0.25, 0.3) is 0 Å². The average Bonchev–Trinajstić information content (AvgIpc) is 2.28. The Morgan fingerprint density at radius 2 is 1.73 bits per heavy atom. The number of hydrogen-bond donors (Lipinski definition) is 1. The predicted octanol–water partition coefficient (Wildman–Crippen LogP) is 4.09. The third-order valence-electron chi connectivity index (χ3n) is 2.64. The van der Waals surface area contributed by atoms with Crippen LogP contribution in [-0.2, 0) is 0 Å². The fraction of sp³-hybridized carbons (Fsp3) is 0.500. The Bertz CT molecular complexity index is 293. The summed E-state index contributed by atoms with van der Waals surface area (Å²) in [4.78, 5) is 1.21. The molecule has 0 aliphatic rings. The predicted molar refractivity (Wildman–Crippen MR) is 70.4 cm³/mol. The van der Waals surface area contributed by atoms with Gasteiger partial charge < -0.3 is 5.11 Å². The standard InChI is InChI=1S/C12H17BrOS/c1-3-12(14,4-2)9-15-11-7-5-10(13)6-8-11/h5-8,14H,3-4,9H2,1-2H3. The highest BCUT2D eigenvalue weighted by Crippen LogP contribution is 2.27. The van der Waals surface area contributed by atoms with E-state index in [0.29, 0.717) is 0 Å². The Morgan fingerprint density at radius 3 is 2.20 bits per heavy atom.